The number of nitrogens with one attached hydrogen (secondary N) is 2. The van der Waals surface area contributed by atoms with Crippen LogP contribution < -0.4 is 10.6 Å². The molecule has 0 fully saturated rings. The number of para-hydroxylation sites is 1. The minimum atomic E-state index is -0.479. The zero-order chi connectivity index (χ0) is 18.2. The zero-order valence-corrected chi connectivity index (χ0v) is 14.8. The van der Waals surface area contributed by atoms with E-state index in [1.807, 2.05) is 30.3 Å². The summed E-state index contributed by atoms with van der Waals surface area (Å²) in [6.45, 7) is 4.36. The van der Waals surface area contributed by atoms with Gasteiger partial charge in [0, 0.05) is 6.04 Å². The molecule has 2 aromatic rings. The predicted octanol–water partition coefficient (Wildman–Crippen LogP) is 3.40. The predicted molar refractivity (Wildman–Crippen MR) is 98.4 cm³/mol. The fraction of sp³-hybridized carbons (Fsp3) is 0.300. The van der Waals surface area contributed by atoms with Crippen LogP contribution in [0.15, 0.2) is 54.6 Å². The molecular weight excluding hydrogens is 316 g/mol. The molecule has 0 heterocycles. The Balaban J connectivity index is 2.02. The van der Waals surface area contributed by atoms with Crippen LogP contribution in [0, 0.1) is 5.92 Å². The highest BCUT2D eigenvalue weighted by molar-refractivity contribution is 6.01. The van der Waals surface area contributed by atoms with E-state index < -0.39 is 5.97 Å². The third-order valence-corrected chi connectivity index (χ3v) is 3.91. The zero-order valence-electron chi connectivity index (χ0n) is 14.8. The first-order chi connectivity index (χ1) is 12.0. The van der Waals surface area contributed by atoms with Gasteiger partial charge in [-0.3, -0.25) is 4.79 Å². The smallest absolute Gasteiger partial charge is 0.339 e. The maximum Gasteiger partial charge on any atom is 0.339 e. The lowest BCUT2D eigenvalue weighted by molar-refractivity contribution is -0.115. The summed E-state index contributed by atoms with van der Waals surface area (Å²) in [4.78, 5) is 24.1. The van der Waals surface area contributed by atoms with Crippen LogP contribution in [0.2, 0.25) is 0 Å². The van der Waals surface area contributed by atoms with Gasteiger partial charge in [0.15, 0.2) is 0 Å². The van der Waals surface area contributed by atoms with Crippen molar-refractivity contribution in [3.05, 3.63) is 65.7 Å². The molecule has 0 spiro atoms. The molecule has 5 heteroatoms. The molecule has 0 bridgehead atoms. The maximum atomic E-state index is 12.3. The number of carbonyl (C=O) groups is 2. The SMILES string of the molecule is COC(=O)c1ccccc1NC(=O)CN[C@H](c1ccccc1)C(C)C. The first kappa shape index (κ1) is 18.7. The highest BCUT2D eigenvalue weighted by Gasteiger charge is 2.17. The number of benzene rings is 2. The van der Waals surface area contributed by atoms with Gasteiger partial charge in [0.25, 0.3) is 0 Å². The van der Waals surface area contributed by atoms with Gasteiger partial charge < -0.3 is 15.4 Å². The minimum Gasteiger partial charge on any atom is -0.465 e. The first-order valence-corrected chi connectivity index (χ1v) is 8.28. The van der Waals surface area contributed by atoms with E-state index in [1.165, 1.54) is 7.11 Å². The van der Waals surface area contributed by atoms with E-state index >= 15 is 0 Å². The van der Waals surface area contributed by atoms with Crippen molar-refractivity contribution in [2.24, 2.45) is 5.92 Å². The van der Waals surface area contributed by atoms with Crippen LogP contribution in [0.25, 0.3) is 0 Å². The van der Waals surface area contributed by atoms with Crippen LogP contribution in [-0.2, 0) is 9.53 Å². The number of esters is 1. The molecule has 25 heavy (non-hydrogen) atoms. The quantitative estimate of drug-likeness (QED) is 0.758. The Labute approximate surface area is 148 Å². The molecule has 1 amide bonds. The number of hydrogen-bond acceptors (Lipinski definition) is 4. The summed E-state index contributed by atoms with van der Waals surface area (Å²) < 4.78 is 4.74. The molecule has 0 aromatic heterocycles. The van der Waals surface area contributed by atoms with Crippen molar-refractivity contribution < 1.29 is 14.3 Å². The average Bonchev–Trinajstić information content (AvgIpc) is 2.62. The van der Waals surface area contributed by atoms with E-state index in [9.17, 15) is 9.59 Å². The minimum absolute atomic E-state index is 0.0720. The van der Waals surface area contributed by atoms with Crippen LogP contribution in [0.1, 0.15) is 35.8 Å². The number of hydrogen-bond donors (Lipinski definition) is 2. The van der Waals surface area contributed by atoms with E-state index in [-0.39, 0.29) is 18.5 Å². The molecule has 5 nitrogen and oxygen atoms in total. The van der Waals surface area contributed by atoms with Crippen LogP contribution >= 0.6 is 0 Å². The number of ether oxygens (including phenoxy) is 1. The van der Waals surface area contributed by atoms with Gasteiger partial charge in [0.05, 0.1) is 24.9 Å². The molecule has 0 aliphatic carbocycles. The van der Waals surface area contributed by atoms with Crippen molar-refractivity contribution in [2.75, 3.05) is 19.0 Å². The lowest BCUT2D eigenvalue weighted by Gasteiger charge is -2.23. The van der Waals surface area contributed by atoms with Gasteiger partial charge in [-0.15, -0.1) is 0 Å². The van der Waals surface area contributed by atoms with Gasteiger partial charge in [-0.2, -0.15) is 0 Å². The molecular formula is C20H24N2O3. The highest BCUT2D eigenvalue weighted by Crippen LogP contribution is 2.21. The number of carbonyl (C=O) groups excluding carboxylic acids is 2. The summed E-state index contributed by atoms with van der Waals surface area (Å²) in [6, 6.07) is 16.9. The average molecular weight is 340 g/mol. The second-order valence-corrected chi connectivity index (χ2v) is 6.10. The van der Waals surface area contributed by atoms with Gasteiger partial charge in [-0.25, -0.2) is 4.79 Å². The number of anilines is 1. The molecule has 0 radical (unpaired) electrons. The van der Waals surface area contributed by atoms with Crippen LogP contribution in [0.3, 0.4) is 0 Å². The Hall–Kier alpha value is -2.66. The fourth-order valence-corrected chi connectivity index (χ4v) is 2.68. The van der Waals surface area contributed by atoms with Gasteiger partial charge in [-0.1, -0.05) is 56.3 Å². The summed E-state index contributed by atoms with van der Waals surface area (Å²) >= 11 is 0. The molecule has 2 rings (SSSR count). The van der Waals surface area contributed by atoms with Crippen LogP contribution in [0.5, 0.6) is 0 Å². The molecule has 2 N–H and O–H groups in total. The Morgan fingerprint density at radius 1 is 1.00 bits per heavy atom. The maximum absolute atomic E-state index is 12.3. The van der Waals surface area contributed by atoms with E-state index in [0.29, 0.717) is 17.2 Å². The molecule has 1 atom stereocenters. The largest absolute Gasteiger partial charge is 0.465 e. The second kappa shape index (κ2) is 8.99. The van der Waals surface area contributed by atoms with Crippen LogP contribution in [-0.4, -0.2) is 25.5 Å². The lowest BCUT2D eigenvalue weighted by atomic mass is 9.96. The second-order valence-electron chi connectivity index (χ2n) is 6.10. The fourth-order valence-electron chi connectivity index (χ4n) is 2.68. The molecule has 132 valence electrons. The number of amides is 1. The van der Waals surface area contributed by atoms with Crippen molar-refractivity contribution in [3.8, 4) is 0 Å². The van der Waals surface area contributed by atoms with Crippen molar-refractivity contribution in [1.29, 1.82) is 0 Å². The van der Waals surface area contributed by atoms with Gasteiger partial charge >= 0.3 is 5.97 Å². The Kier molecular flexibility index (Phi) is 6.71. The molecule has 0 saturated heterocycles. The summed E-state index contributed by atoms with van der Waals surface area (Å²) in [6.07, 6.45) is 0. The highest BCUT2D eigenvalue weighted by atomic mass is 16.5. The third kappa shape index (κ3) is 5.16. The van der Waals surface area contributed by atoms with Crippen molar-refractivity contribution >= 4 is 17.6 Å². The normalized spacial score (nSPS) is 11.8. The standard InChI is InChI=1S/C20H24N2O3/c1-14(2)19(15-9-5-4-6-10-15)21-13-18(23)22-17-12-8-7-11-16(17)20(24)25-3/h4-12,14,19,21H,13H2,1-3H3,(H,22,23)/t19-/m0/s1. The van der Waals surface area contributed by atoms with Gasteiger partial charge in [-0.05, 0) is 23.6 Å². The topological polar surface area (TPSA) is 67.4 Å². The Morgan fingerprint density at radius 2 is 1.64 bits per heavy atom. The molecule has 0 aliphatic heterocycles. The number of methoxy groups -OCH3 is 1. The van der Waals surface area contributed by atoms with Gasteiger partial charge in [0.1, 0.15) is 0 Å². The van der Waals surface area contributed by atoms with Crippen molar-refractivity contribution in [2.45, 2.75) is 19.9 Å². The molecule has 0 unspecified atom stereocenters. The summed E-state index contributed by atoms with van der Waals surface area (Å²) in [5.41, 5.74) is 1.92. The first-order valence-electron chi connectivity index (χ1n) is 8.28. The van der Waals surface area contributed by atoms with Crippen LogP contribution in [0.4, 0.5) is 5.69 Å². The van der Waals surface area contributed by atoms with Gasteiger partial charge in [0.2, 0.25) is 5.91 Å². The van der Waals surface area contributed by atoms with E-state index in [4.69, 9.17) is 4.74 Å². The third-order valence-electron chi connectivity index (χ3n) is 3.91. The van der Waals surface area contributed by atoms with E-state index in [0.717, 1.165) is 5.56 Å². The van der Waals surface area contributed by atoms with E-state index in [2.05, 4.69) is 24.5 Å². The lowest BCUT2D eigenvalue weighted by Crippen LogP contribution is -2.34. The van der Waals surface area contributed by atoms with Crippen molar-refractivity contribution in [3.63, 3.8) is 0 Å². The Morgan fingerprint density at radius 3 is 2.28 bits per heavy atom. The molecule has 2 aromatic carbocycles. The summed E-state index contributed by atoms with van der Waals surface area (Å²) in [5.74, 6) is -0.358. The van der Waals surface area contributed by atoms with E-state index in [1.54, 1.807) is 24.3 Å². The monoisotopic (exact) mass is 340 g/mol. The number of rotatable bonds is 7. The molecule has 0 aliphatic rings. The summed E-state index contributed by atoms with van der Waals surface area (Å²) in [7, 11) is 1.32. The van der Waals surface area contributed by atoms with Crippen molar-refractivity contribution in [1.82, 2.24) is 5.32 Å². The Bertz CT molecular complexity index is 714. The molecule has 0 saturated carbocycles. The summed E-state index contributed by atoms with van der Waals surface area (Å²) in [5, 5.41) is 6.06.